The molecular weight excluding hydrogens is 249 g/mol. The Bertz CT molecular complexity index is 607. The third-order valence-corrected chi connectivity index (χ3v) is 2.10. The minimum atomic E-state index is -4.76. The zero-order valence-electron chi connectivity index (χ0n) is 8.86. The van der Waals surface area contributed by atoms with Crippen molar-refractivity contribution in [2.45, 2.75) is 6.36 Å². The van der Waals surface area contributed by atoms with Crippen molar-refractivity contribution in [1.29, 1.82) is 0 Å². The monoisotopic (exact) mass is 256 g/mol. The molecule has 0 unspecified atom stereocenters. The molecule has 0 amide bonds. The average Bonchev–Trinajstić information content (AvgIpc) is 2.27. The van der Waals surface area contributed by atoms with Crippen LogP contribution in [0.5, 0.6) is 5.75 Å². The first-order valence-electron chi connectivity index (χ1n) is 4.84. The number of alkyl halides is 3. The number of hydrogen-bond donors (Lipinski definition) is 1. The molecule has 1 heterocycles. The molecule has 4 nitrogen and oxygen atoms in total. The molecule has 2 aromatic rings. The number of rotatable bonds is 2. The molecule has 0 radical (unpaired) electrons. The standard InChI is InChI=1S/C11H7F3N2O2/c12-11(13,14)18-8-3-1-2-7(4-8)9-5-15-6-16-10(9)17/h1-6H,(H,15,16,17). The molecule has 0 saturated carbocycles. The van der Waals surface area contributed by atoms with E-state index < -0.39 is 11.9 Å². The van der Waals surface area contributed by atoms with Gasteiger partial charge in [0.25, 0.3) is 5.56 Å². The first kappa shape index (κ1) is 12.2. The Kier molecular flexibility index (Phi) is 3.05. The van der Waals surface area contributed by atoms with Crippen LogP contribution < -0.4 is 10.3 Å². The molecule has 0 fully saturated rings. The summed E-state index contributed by atoms with van der Waals surface area (Å²) >= 11 is 0. The Morgan fingerprint density at radius 3 is 2.72 bits per heavy atom. The van der Waals surface area contributed by atoms with Gasteiger partial charge in [-0.2, -0.15) is 0 Å². The maximum Gasteiger partial charge on any atom is 0.573 e. The van der Waals surface area contributed by atoms with Crippen molar-refractivity contribution in [3.63, 3.8) is 0 Å². The van der Waals surface area contributed by atoms with E-state index in [1.165, 1.54) is 24.7 Å². The lowest BCUT2D eigenvalue weighted by atomic mass is 10.1. The number of aromatic nitrogens is 2. The van der Waals surface area contributed by atoms with Crippen molar-refractivity contribution in [2.75, 3.05) is 0 Å². The van der Waals surface area contributed by atoms with Crippen LogP contribution in [0.1, 0.15) is 0 Å². The van der Waals surface area contributed by atoms with Gasteiger partial charge in [0.05, 0.1) is 11.9 Å². The van der Waals surface area contributed by atoms with Crippen LogP contribution in [0, 0.1) is 0 Å². The molecule has 0 aliphatic carbocycles. The van der Waals surface area contributed by atoms with Crippen molar-refractivity contribution in [2.24, 2.45) is 0 Å². The number of H-pyrrole nitrogens is 1. The summed E-state index contributed by atoms with van der Waals surface area (Å²) in [6, 6.07) is 5.14. The zero-order chi connectivity index (χ0) is 13.2. The molecule has 0 aliphatic rings. The van der Waals surface area contributed by atoms with Crippen molar-refractivity contribution in [1.82, 2.24) is 9.97 Å². The predicted molar refractivity (Wildman–Crippen MR) is 57.0 cm³/mol. The normalized spacial score (nSPS) is 11.3. The Morgan fingerprint density at radius 2 is 2.06 bits per heavy atom. The number of hydrogen-bond acceptors (Lipinski definition) is 3. The van der Waals surface area contributed by atoms with Crippen LogP contribution in [0.2, 0.25) is 0 Å². The Balaban J connectivity index is 2.39. The highest BCUT2D eigenvalue weighted by Gasteiger charge is 2.31. The van der Waals surface area contributed by atoms with Crippen molar-refractivity contribution >= 4 is 0 Å². The SMILES string of the molecule is O=c1[nH]cncc1-c1cccc(OC(F)(F)F)c1. The fourth-order valence-corrected chi connectivity index (χ4v) is 1.41. The lowest BCUT2D eigenvalue weighted by Gasteiger charge is -2.09. The quantitative estimate of drug-likeness (QED) is 0.897. The van der Waals surface area contributed by atoms with Gasteiger partial charge in [-0.25, -0.2) is 4.98 Å². The van der Waals surface area contributed by atoms with E-state index in [1.807, 2.05) is 0 Å². The lowest BCUT2D eigenvalue weighted by molar-refractivity contribution is -0.274. The van der Waals surface area contributed by atoms with E-state index in [2.05, 4.69) is 14.7 Å². The van der Waals surface area contributed by atoms with E-state index in [-0.39, 0.29) is 11.3 Å². The van der Waals surface area contributed by atoms with Crippen molar-refractivity contribution in [3.8, 4) is 16.9 Å². The van der Waals surface area contributed by atoms with Gasteiger partial charge in [0.2, 0.25) is 0 Å². The number of benzene rings is 1. The summed E-state index contributed by atoms with van der Waals surface area (Å²) < 4.78 is 39.9. The van der Waals surface area contributed by atoms with Gasteiger partial charge in [-0.1, -0.05) is 12.1 Å². The molecular formula is C11H7F3N2O2. The Morgan fingerprint density at radius 1 is 1.28 bits per heavy atom. The first-order chi connectivity index (χ1) is 8.46. The molecule has 18 heavy (non-hydrogen) atoms. The van der Waals surface area contributed by atoms with E-state index in [9.17, 15) is 18.0 Å². The summed E-state index contributed by atoms with van der Waals surface area (Å²) in [6.45, 7) is 0. The number of nitrogens with zero attached hydrogens (tertiary/aromatic N) is 1. The highest BCUT2D eigenvalue weighted by Crippen LogP contribution is 2.26. The van der Waals surface area contributed by atoms with Gasteiger partial charge in [-0.3, -0.25) is 4.79 Å². The maximum absolute atomic E-state index is 12.1. The molecule has 94 valence electrons. The van der Waals surface area contributed by atoms with Crippen LogP contribution in [0.25, 0.3) is 11.1 Å². The fourth-order valence-electron chi connectivity index (χ4n) is 1.41. The Labute approximate surface area is 99.1 Å². The highest BCUT2D eigenvalue weighted by atomic mass is 19.4. The Hall–Kier alpha value is -2.31. The largest absolute Gasteiger partial charge is 0.573 e. The molecule has 2 rings (SSSR count). The van der Waals surface area contributed by atoms with Gasteiger partial charge >= 0.3 is 6.36 Å². The predicted octanol–water partition coefficient (Wildman–Crippen LogP) is 2.34. The third-order valence-electron chi connectivity index (χ3n) is 2.10. The van der Waals surface area contributed by atoms with E-state index in [0.29, 0.717) is 5.56 Å². The molecule has 1 N–H and O–H groups in total. The smallest absolute Gasteiger partial charge is 0.406 e. The van der Waals surface area contributed by atoms with Gasteiger partial charge in [-0.15, -0.1) is 13.2 Å². The van der Waals surface area contributed by atoms with Crippen LogP contribution in [0.4, 0.5) is 13.2 Å². The number of aromatic amines is 1. The number of nitrogens with one attached hydrogen (secondary N) is 1. The van der Waals surface area contributed by atoms with Gasteiger partial charge in [0.1, 0.15) is 5.75 Å². The minimum Gasteiger partial charge on any atom is -0.406 e. The number of halogens is 3. The molecule has 1 aromatic carbocycles. The summed E-state index contributed by atoms with van der Waals surface area (Å²) in [5, 5.41) is 0. The van der Waals surface area contributed by atoms with Gasteiger partial charge in [0.15, 0.2) is 0 Å². The van der Waals surface area contributed by atoms with Crippen LogP contribution in [0.3, 0.4) is 0 Å². The fraction of sp³-hybridized carbons (Fsp3) is 0.0909. The summed E-state index contributed by atoms with van der Waals surface area (Å²) in [7, 11) is 0. The summed E-state index contributed by atoms with van der Waals surface area (Å²) in [4.78, 5) is 17.5. The molecule has 0 saturated heterocycles. The van der Waals surface area contributed by atoms with Crippen molar-refractivity contribution < 1.29 is 17.9 Å². The molecule has 0 aliphatic heterocycles. The second-order valence-electron chi connectivity index (χ2n) is 3.37. The van der Waals surface area contributed by atoms with Gasteiger partial charge < -0.3 is 9.72 Å². The first-order valence-corrected chi connectivity index (χ1v) is 4.84. The van der Waals surface area contributed by atoms with Crippen LogP contribution in [0.15, 0.2) is 41.6 Å². The van der Waals surface area contributed by atoms with Crippen LogP contribution in [-0.4, -0.2) is 16.3 Å². The second-order valence-corrected chi connectivity index (χ2v) is 3.37. The lowest BCUT2D eigenvalue weighted by Crippen LogP contribution is -2.17. The van der Waals surface area contributed by atoms with Crippen molar-refractivity contribution in [3.05, 3.63) is 47.1 Å². The summed E-state index contributed by atoms with van der Waals surface area (Å²) in [6.07, 6.45) is -2.30. The molecule has 0 atom stereocenters. The molecule has 1 aromatic heterocycles. The average molecular weight is 256 g/mol. The third kappa shape index (κ3) is 2.88. The number of ether oxygens (including phenoxy) is 1. The van der Waals surface area contributed by atoms with Crippen LogP contribution in [-0.2, 0) is 0 Å². The summed E-state index contributed by atoms with van der Waals surface area (Å²) in [5.41, 5.74) is 0.0328. The van der Waals surface area contributed by atoms with E-state index in [1.54, 1.807) is 0 Å². The second kappa shape index (κ2) is 4.52. The van der Waals surface area contributed by atoms with E-state index in [0.717, 1.165) is 12.1 Å². The highest BCUT2D eigenvalue weighted by molar-refractivity contribution is 5.63. The topological polar surface area (TPSA) is 55.0 Å². The minimum absolute atomic E-state index is 0.171. The van der Waals surface area contributed by atoms with E-state index >= 15 is 0 Å². The summed E-state index contributed by atoms with van der Waals surface area (Å²) in [5.74, 6) is -0.386. The van der Waals surface area contributed by atoms with Gasteiger partial charge in [0, 0.05) is 6.20 Å². The zero-order valence-corrected chi connectivity index (χ0v) is 8.86. The van der Waals surface area contributed by atoms with Gasteiger partial charge in [-0.05, 0) is 17.7 Å². The molecule has 0 bridgehead atoms. The molecule has 0 spiro atoms. The van der Waals surface area contributed by atoms with Crippen LogP contribution >= 0.6 is 0 Å². The van der Waals surface area contributed by atoms with E-state index in [4.69, 9.17) is 0 Å². The molecule has 7 heteroatoms. The maximum atomic E-state index is 12.1.